The molecular weight excluding hydrogens is 212 g/mol. The Kier molecular flexibility index (Phi) is 3.03. The SMILES string of the molecule is Cc1ccc(C(C)(O)Cc2nccn2C)cc1. The summed E-state index contributed by atoms with van der Waals surface area (Å²) in [5.74, 6) is 0.885. The van der Waals surface area contributed by atoms with Crippen molar-refractivity contribution in [1.29, 1.82) is 0 Å². The van der Waals surface area contributed by atoms with Gasteiger partial charge in [-0.2, -0.15) is 0 Å². The maximum Gasteiger partial charge on any atom is 0.111 e. The fourth-order valence-corrected chi connectivity index (χ4v) is 1.89. The fraction of sp³-hybridized carbons (Fsp3) is 0.357. The molecule has 3 nitrogen and oxygen atoms in total. The zero-order valence-corrected chi connectivity index (χ0v) is 10.5. The van der Waals surface area contributed by atoms with E-state index >= 15 is 0 Å². The van der Waals surface area contributed by atoms with E-state index in [0.717, 1.165) is 11.4 Å². The number of rotatable bonds is 3. The lowest BCUT2D eigenvalue weighted by Crippen LogP contribution is -2.25. The number of nitrogens with zero attached hydrogens (tertiary/aromatic N) is 2. The average molecular weight is 230 g/mol. The lowest BCUT2D eigenvalue weighted by atomic mass is 9.91. The van der Waals surface area contributed by atoms with E-state index in [0.29, 0.717) is 6.42 Å². The summed E-state index contributed by atoms with van der Waals surface area (Å²) in [5.41, 5.74) is 1.24. The Bertz CT molecular complexity index is 497. The van der Waals surface area contributed by atoms with Crippen LogP contribution in [0.1, 0.15) is 23.9 Å². The predicted octanol–water partition coefficient (Wildman–Crippen LogP) is 2.18. The van der Waals surface area contributed by atoms with Crippen LogP contribution in [0.4, 0.5) is 0 Å². The van der Waals surface area contributed by atoms with Crippen molar-refractivity contribution in [3.05, 3.63) is 53.6 Å². The largest absolute Gasteiger partial charge is 0.385 e. The third-order valence-corrected chi connectivity index (χ3v) is 3.10. The van der Waals surface area contributed by atoms with Crippen LogP contribution >= 0.6 is 0 Å². The molecule has 0 radical (unpaired) electrons. The minimum absolute atomic E-state index is 0.513. The van der Waals surface area contributed by atoms with Gasteiger partial charge >= 0.3 is 0 Å². The Hall–Kier alpha value is -1.61. The van der Waals surface area contributed by atoms with Gasteiger partial charge in [0.2, 0.25) is 0 Å². The van der Waals surface area contributed by atoms with Crippen LogP contribution in [0.5, 0.6) is 0 Å². The van der Waals surface area contributed by atoms with E-state index < -0.39 is 5.60 Å². The monoisotopic (exact) mass is 230 g/mol. The summed E-state index contributed by atoms with van der Waals surface area (Å²) in [5, 5.41) is 10.5. The molecule has 1 unspecified atom stereocenters. The quantitative estimate of drug-likeness (QED) is 0.877. The molecule has 0 spiro atoms. The molecule has 2 rings (SSSR count). The third-order valence-electron chi connectivity index (χ3n) is 3.10. The smallest absolute Gasteiger partial charge is 0.111 e. The lowest BCUT2D eigenvalue weighted by molar-refractivity contribution is 0.0548. The van der Waals surface area contributed by atoms with Crippen LogP contribution in [0, 0.1) is 6.92 Å². The van der Waals surface area contributed by atoms with Crippen molar-refractivity contribution in [3.63, 3.8) is 0 Å². The number of imidazole rings is 1. The minimum Gasteiger partial charge on any atom is -0.385 e. The van der Waals surface area contributed by atoms with Crippen LogP contribution in [-0.2, 0) is 19.1 Å². The molecule has 1 heterocycles. The normalized spacial score (nSPS) is 14.6. The second kappa shape index (κ2) is 4.34. The highest BCUT2D eigenvalue weighted by atomic mass is 16.3. The number of aryl methyl sites for hydroxylation is 2. The Balaban J connectivity index is 2.24. The first-order valence-electron chi connectivity index (χ1n) is 5.75. The van der Waals surface area contributed by atoms with Gasteiger partial charge in [0.15, 0.2) is 0 Å². The molecule has 1 aromatic heterocycles. The van der Waals surface area contributed by atoms with Gasteiger partial charge in [0.25, 0.3) is 0 Å². The zero-order chi connectivity index (χ0) is 12.5. The molecule has 1 atom stereocenters. The Morgan fingerprint density at radius 2 is 1.94 bits per heavy atom. The number of aliphatic hydroxyl groups is 1. The average Bonchev–Trinajstić information content (AvgIpc) is 2.64. The maximum absolute atomic E-state index is 10.5. The maximum atomic E-state index is 10.5. The van der Waals surface area contributed by atoms with Crippen LogP contribution in [0.15, 0.2) is 36.7 Å². The molecule has 0 fully saturated rings. The van der Waals surface area contributed by atoms with Gasteiger partial charge in [0, 0.05) is 25.9 Å². The van der Waals surface area contributed by atoms with Crippen LogP contribution in [0.25, 0.3) is 0 Å². The molecule has 17 heavy (non-hydrogen) atoms. The fourth-order valence-electron chi connectivity index (χ4n) is 1.89. The summed E-state index contributed by atoms with van der Waals surface area (Å²) in [7, 11) is 1.94. The molecule has 0 saturated carbocycles. The van der Waals surface area contributed by atoms with Crippen molar-refractivity contribution in [2.24, 2.45) is 7.05 Å². The van der Waals surface area contributed by atoms with Crippen molar-refractivity contribution >= 4 is 0 Å². The van der Waals surface area contributed by atoms with E-state index in [1.54, 1.807) is 6.20 Å². The molecule has 2 aromatic rings. The molecule has 3 heteroatoms. The van der Waals surface area contributed by atoms with Crippen LogP contribution < -0.4 is 0 Å². The van der Waals surface area contributed by atoms with Gasteiger partial charge in [-0.3, -0.25) is 0 Å². The van der Waals surface area contributed by atoms with Crippen molar-refractivity contribution in [2.75, 3.05) is 0 Å². The lowest BCUT2D eigenvalue weighted by Gasteiger charge is -2.23. The molecular formula is C14H18N2O. The van der Waals surface area contributed by atoms with E-state index in [9.17, 15) is 5.11 Å². The van der Waals surface area contributed by atoms with Crippen molar-refractivity contribution in [3.8, 4) is 0 Å². The summed E-state index contributed by atoms with van der Waals surface area (Å²) < 4.78 is 1.93. The Morgan fingerprint density at radius 1 is 1.29 bits per heavy atom. The molecule has 0 aliphatic rings. The van der Waals surface area contributed by atoms with Gasteiger partial charge in [-0.1, -0.05) is 29.8 Å². The van der Waals surface area contributed by atoms with Crippen molar-refractivity contribution in [2.45, 2.75) is 25.9 Å². The molecule has 0 amide bonds. The van der Waals surface area contributed by atoms with Crippen LogP contribution in [-0.4, -0.2) is 14.7 Å². The van der Waals surface area contributed by atoms with E-state index in [2.05, 4.69) is 4.98 Å². The minimum atomic E-state index is -0.882. The number of benzene rings is 1. The van der Waals surface area contributed by atoms with E-state index in [1.165, 1.54) is 5.56 Å². The van der Waals surface area contributed by atoms with Gasteiger partial charge in [-0.15, -0.1) is 0 Å². The van der Waals surface area contributed by atoms with E-state index in [1.807, 2.05) is 55.9 Å². The Labute approximate surface area is 102 Å². The first kappa shape index (κ1) is 11.9. The van der Waals surface area contributed by atoms with Gasteiger partial charge in [0.1, 0.15) is 5.82 Å². The molecule has 1 aromatic carbocycles. The standard InChI is InChI=1S/C14H18N2O/c1-11-4-6-12(7-5-11)14(2,17)10-13-15-8-9-16(13)3/h4-9,17H,10H2,1-3H3. The second-order valence-electron chi connectivity index (χ2n) is 4.77. The highest BCUT2D eigenvalue weighted by Crippen LogP contribution is 2.24. The summed E-state index contributed by atoms with van der Waals surface area (Å²) >= 11 is 0. The second-order valence-corrected chi connectivity index (χ2v) is 4.77. The topological polar surface area (TPSA) is 38.1 Å². The molecule has 0 aliphatic heterocycles. The molecule has 90 valence electrons. The highest BCUT2D eigenvalue weighted by Gasteiger charge is 2.25. The number of hydrogen-bond donors (Lipinski definition) is 1. The van der Waals surface area contributed by atoms with E-state index in [-0.39, 0.29) is 0 Å². The van der Waals surface area contributed by atoms with Gasteiger partial charge in [-0.05, 0) is 19.4 Å². The summed E-state index contributed by atoms with van der Waals surface area (Å²) in [4.78, 5) is 4.25. The molecule has 0 bridgehead atoms. The zero-order valence-electron chi connectivity index (χ0n) is 10.5. The summed E-state index contributed by atoms with van der Waals surface area (Å²) in [6, 6.07) is 7.97. The predicted molar refractivity (Wildman–Crippen MR) is 67.7 cm³/mol. The van der Waals surface area contributed by atoms with Gasteiger partial charge in [-0.25, -0.2) is 4.98 Å². The van der Waals surface area contributed by atoms with Gasteiger partial charge < -0.3 is 9.67 Å². The number of hydrogen-bond acceptors (Lipinski definition) is 2. The summed E-state index contributed by atoms with van der Waals surface area (Å²) in [6.07, 6.45) is 4.15. The molecule has 1 N–H and O–H groups in total. The highest BCUT2D eigenvalue weighted by molar-refractivity contribution is 5.26. The van der Waals surface area contributed by atoms with E-state index in [4.69, 9.17) is 0 Å². The van der Waals surface area contributed by atoms with Gasteiger partial charge in [0.05, 0.1) is 5.60 Å². The van der Waals surface area contributed by atoms with Crippen molar-refractivity contribution < 1.29 is 5.11 Å². The van der Waals surface area contributed by atoms with Crippen LogP contribution in [0.3, 0.4) is 0 Å². The number of aromatic nitrogens is 2. The van der Waals surface area contributed by atoms with Crippen LogP contribution in [0.2, 0.25) is 0 Å². The van der Waals surface area contributed by atoms with Crippen molar-refractivity contribution in [1.82, 2.24) is 9.55 Å². The molecule has 0 aliphatic carbocycles. The first-order valence-corrected chi connectivity index (χ1v) is 5.75. The first-order chi connectivity index (χ1) is 7.99. The molecule has 0 saturated heterocycles. The Morgan fingerprint density at radius 3 is 2.47 bits per heavy atom. The third kappa shape index (κ3) is 2.56. The summed E-state index contributed by atoms with van der Waals surface area (Å²) in [6.45, 7) is 3.86.